The molecule has 0 spiro atoms. The summed E-state index contributed by atoms with van der Waals surface area (Å²) in [7, 11) is 2.98. The zero-order valence-corrected chi connectivity index (χ0v) is 20.4. The molecule has 37 heavy (non-hydrogen) atoms. The molecule has 0 bridgehead atoms. The Morgan fingerprint density at radius 1 is 1.08 bits per heavy atom. The van der Waals surface area contributed by atoms with Crippen LogP contribution in [-0.4, -0.2) is 55.2 Å². The van der Waals surface area contributed by atoms with Crippen LogP contribution >= 0.6 is 0 Å². The lowest BCUT2D eigenvalue weighted by molar-refractivity contribution is -0.173. The van der Waals surface area contributed by atoms with Crippen LogP contribution in [0.15, 0.2) is 48.5 Å². The maximum Gasteiger partial charge on any atom is 0.410 e. The number of halogens is 3. The summed E-state index contributed by atoms with van der Waals surface area (Å²) in [5, 5.41) is 13.7. The minimum absolute atomic E-state index is 0.0935. The first kappa shape index (κ1) is 24.9. The number of aromatic nitrogens is 2. The number of carbonyl (C=O) groups excluding carboxylic acids is 1. The van der Waals surface area contributed by atoms with Gasteiger partial charge in [-0.05, 0) is 42.8 Å². The number of hydrogen-bond donors (Lipinski definition) is 3. The van der Waals surface area contributed by atoms with Gasteiger partial charge >= 0.3 is 6.18 Å². The summed E-state index contributed by atoms with van der Waals surface area (Å²) < 4.78 is 53.9. The lowest BCUT2D eigenvalue weighted by atomic mass is 9.96. The normalized spacial score (nSPS) is 21.2. The molecule has 196 valence electrons. The summed E-state index contributed by atoms with van der Waals surface area (Å²) in [4.78, 5) is 12.5. The smallest absolute Gasteiger partial charge is 0.410 e. The highest BCUT2D eigenvalue weighted by Crippen LogP contribution is 2.45. The predicted octanol–water partition coefficient (Wildman–Crippen LogP) is 4.32. The number of nitrogens with zero attached hydrogens (tertiary/aromatic N) is 2. The molecule has 3 heterocycles. The van der Waals surface area contributed by atoms with E-state index < -0.39 is 18.3 Å². The third-order valence-electron chi connectivity index (χ3n) is 6.84. The quantitative estimate of drug-likeness (QED) is 0.453. The van der Waals surface area contributed by atoms with Crippen molar-refractivity contribution in [1.29, 1.82) is 0 Å². The molecule has 3 atom stereocenters. The van der Waals surface area contributed by atoms with E-state index in [0.29, 0.717) is 33.9 Å². The molecule has 2 aliphatic rings. The molecule has 2 aromatic carbocycles. The number of ether oxygens (including phenoxy) is 2. The van der Waals surface area contributed by atoms with Gasteiger partial charge in [0.25, 0.3) is 5.91 Å². The van der Waals surface area contributed by atoms with Crippen molar-refractivity contribution < 1.29 is 27.4 Å². The predicted molar refractivity (Wildman–Crippen MR) is 132 cm³/mol. The van der Waals surface area contributed by atoms with E-state index in [4.69, 9.17) is 9.47 Å². The lowest BCUT2D eigenvalue weighted by Crippen LogP contribution is -2.36. The molecule has 1 fully saturated rings. The van der Waals surface area contributed by atoms with Crippen molar-refractivity contribution in [2.45, 2.75) is 37.1 Å². The Morgan fingerprint density at radius 2 is 1.84 bits per heavy atom. The fraction of sp³-hybridized carbons (Fsp3) is 0.385. The van der Waals surface area contributed by atoms with E-state index in [-0.39, 0.29) is 24.2 Å². The van der Waals surface area contributed by atoms with Crippen molar-refractivity contribution in [3.05, 3.63) is 59.7 Å². The molecule has 3 unspecified atom stereocenters. The average molecular weight is 516 g/mol. The Hall–Kier alpha value is -3.73. The molecule has 1 saturated heterocycles. The van der Waals surface area contributed by atoms with Gasteiger partial charge in [0, 0.05) is 36.2 Å². The molecule has 0 radical (unpaired) electrons. The fourth-order valence-corrected chi connectivity index (χ4v) is 4.84. The van der Waals surface area contributed by atoms with E-state index in [1.54, 1.807) is 48.5 Å². The van der Waals surface area contributed by atoms with Gasteiger partial charge in [-0.3, -0.25) is 4.79 Å². The second-order valence-electron chi connectivity index (χ2n) is 9.20. The van der Waals surface area contributed by atoms with Crippen molar-refractivity contribution in [3.8, 4) is 22.8 Å². The largest absolute Gasteiger partial charge is 0.493 e. The molecular weight excluding hydrogens is 487 g/mol. The van der Waals surface area contributed by atoms with Gasteiger partial charge < -0.3 is 25.4 Å². The van der Waals surface area contributed by atoms with E-state index >= 15 is 0 Å². The molecular formula is C26H28F3N5O3. The molecule has 3 aromatic rings. The maximum atomic E-state index is 14.1. The minimum atomic E-state index is -4.49. The van der Waals surface area contributed by atoms with Crippen molar-refractivity contribution >= 4 is 11.7 Å². The average Bonchev–Trinajstić information content (AvgIpc) is 3.57. The molecule has 3 N–H and O–H groups in total. The van der Waals surface area contributed by atoms with Gasteiger partial charge in [0.15, 0.2) is 17.5 Å². The van der Waals surface area contributed by atoms with Gasteiger partial charge in [0.1, 0.15) is 5.82 Å². The van der Waals surface area contributed by atoms with Crippen LogP contribution in [0, 0.1) is 0 Å². The molecule has 0 saturated carbocycles. The summed E-state index contributed by atoms with van der Waals surface area (Å²) in [6.07, 6.45) is -3.85. The molecule has 2 aliphatic heterocycles. The summed E-state index contributed by atoms with van der Waals surface area (Å²) in [6, 6.07) is 11.1. The number of carbonyl (C=O) groups is 1. The SMILES string of the molecule is COc1ccc(C2CC(C(F)(F)F)n3nc(-c4ccc(C(=O)NC5CCNC5)cc4)cc3N2)cc1OC. The third-order valence-corrected chi connectivity index (χ3v) is 6.84. The summed E-state index contributed by atoms with van der Waals surface area (Å²) >= 11 is 0. The van der Waals surface area contributed by atoms with Gasteiger partial charge in [-0.15, -0.1) is 0 Å². The van der Waals surface area contributed by atoms with Crippen molar-refractivity contribution in [2.24, 2.45) is 0 Å². The standard InChI is InChI=1S/C26H28F3N5O3/c1-36-21-8-7-17(11-22(21)37-2)19-12-23(26(27,28)29)34-24(32-19)13-20(33-34)15-3-5-16(6-4-15)25(35)31-18-9-10-30-14-18/h3-8,11,13,18-19,23,30,32H,9-10,12,14H2,1-2H3,(H,31,35). The van der Waals surface area contributed by atoms with E-state index in [1.807, 2.05) is 0 Å². The second kappa shape index (κ2) is 9.97. The van der Waals surface area contributed by atoms with Crippen LogP contribution in [0.2, 0.25) is 0 Å². The van der Waals surface area contributed by atoms with Gasteiger partial charge in [-0.25, -0.2) is 4.68 Å². The van der Waals surface area contributed by atoms with Crippen LogP contribution in [0.1, 0.15) is 40.8 Å². The van der Waals surface area contributed by atoms with Crippen LogP contribution in [0.5, 0.6) is 11.5 Å². The topological polar surface area (TPSA) is 89.4 Å². The van der Waals surface area contributed by atoms with E-state index in [9.17, 15) is 18.0 Å². The number of nitrogens with one attached hydrogen (secondary N) is 3. The number of rotatable bonds is 6. The van der Waals surface area contributed by atoms with Crippen molar-refractivity contribution in [1.82, 2.24) is 20.4 Å². The zero-order valence-electron chi connectivity index (χ0n) is 20.4. The summed E-state index contributed by atoms with van der Waals surface area (Å²) in [5.41, 5.74) is 2.14. The number of hydrogen-bond acceptors (Lipinski definition) is 6. The van der Waals surface area contributed by atoms with Crippen LogP contribution < -0.4 is 25.4 Å². The molecule has 11 heteroatoms. The highest BCUT2D eigenvalue weighted by molar-refractivity contribution is 5.94. The van der Waals surface area contributed by atoms with E-state index in [0.717, 1.165) is 24.2 Å². The Balaban J connectivity index is 1.40. The molecule has 0 aliphatic carbocycles. The number of fused-ring (bicyclic) bond motifs is 1. The Morgan fingerprint density at radius 3 is 2.49 bits per heavy atom. The van der Waals surface area contributed by atoms with Crippen molar-refractivity contribution in [3.63, 3.8) is 0 Å². The van der Waals surface area contributed by atoms with Crippen molar-refractivity contribution in [2.75, 3.05) is 32.6 Å². The van der Waals surface area contributed by atoms with Gasteiger partial charge in [-0.1, -0.05) is 18.2 Å². The fourth-order valence-electron chi connectivity index (χ4n) is 4.84. The maximum absolute atomic E-state index is 14.1. The lowest BCUT2D eigenvalue weighted by Gasteiger charge is -2.33. The first-order valence-electron chi connectivity index (χ1n) is 12.0. The van der Waals surface area contributed by atoms with Crippen LogP contribution in [0.3, 0.4) is 0 Å². The highest BCUT2D eigenvalue weighted by Gasteiger charge is 2.46. The Kier molecular flexibility index (Phi) is 6.72. The summed E-state index contributed by atoms with van der Waals surface area (Å²) in [5.74, 6) is 1.03. The molecule has 1 aromatic heterocycles. The third kappa shape index (κ3) is 5.08. The molecule has 5 rings (SSSR count). The summed E-state index contributed by atoms with van der Waals surface area (Å²) in [6.45, 7) is 1.61. The van der Waals surface area contributed by atoms with Crippen LogP contribution in [0.4, 0.5) is 19.0 Å². The molecule has 1 amide bonds. The van der Waals surface area contributed by atoms with Gasteiger partial charge in [0.2, 0.25) is 0 Å². The first-order valence-corrected chi connectivity index (χ1v) is 12.0. The van der Waals surface area contributed by atoms with Gasteiger partial charge in [0.05, 0.1) is 26.0 Å². The monoisotopic (exact) mass is 515 g/mol. The number of methoxy groups -OCH3 is 2. The number of alkyl halides is 3. The van der Waals surface area contributed by atoms with E-state index in [1.165, 1.54) is 14.2 Å². The Bertz CT molecular complexity index is 1270. The van der Waals surface area contributed by atoms with Crippen LogP contribution in [0.25, 0.3) is 11.3 Å². The number of benzene rings is 2. The Labute approximate surface area is 212 Å². The zero-order chi connectivity index (χ0) is 26.2. The highest BCUT2D eigenvalue weighted by atomic mass is 19.4. The van der Waals surface area contributed by atoms with Gasteiger partial charge in [-0.2, -0.15) is 18.3 Å². The second-order valence-corrected chi connectivity index (χ2v) is 9.20. The number of anilines is 1. The van der Waals surface area contributed by atoms with Crippen LogP contribution in [-0.2, 0) is 0 Å². The number of amides is 1. The minimum Gasteiger partial charge on any atom is -0.493 e. The van der Waals surface area contributed by atoms with E-state index in [2.05, 4.69) is 21.0 Å². The molecule has 8 nitrogen and oxygen atoms in total. The first-order chi connectivity index (χ1) is 17.8.